The molecule has 0 spiro atoms. The smallest absolute Gasteiger partial charge is 0.412 e. The van der Waals surface area contributed by atoms with Crippen LogP contribution in [0.25, 0.3) is 0 Å². The highest BCUT2D eigenvalue weighted by molar-refractivity contribution is 5.90. The maximum atomic E-state index is 12.4. The lowest BCUT2D eigenvalue weighted by molar-refractivity contribution is 0.199. The van der Waals surface area contributed by atoms with E-state index in [1.54, 1.807) is 4.90 Å². The standard InChI is InChI=1S/C23H29NO2/c1-15(2)20-11-8-12-21(16(3)18-13-14-18)22(20)24(23(25)26)17(4)19-9-6-5-7-10-19/h5-12,15-18H,13-14H2,1-4H3,(H,25,26)/t16-,17+/m0/s1. The first kappa shape index (κ1) is 18.5. The SMILES string of the molecule is CC(C)c1cccc([C@@H](C)C2CC2)c1N(C(=O)O)[C@H](C)c1ccccc1. The van der Waals surface area contributed by atoms with Crippen molar-refractivity contribution in [2.24, 2.45) is 5.92 Å². The molecule has 3 nitrogen and oxygen atoms in total. The lowest BCUT2D eigenvalue weighted by Crippen LogP contribution is -2.34. The molecule has 0 heterocycles. The van der Waals surface area contributed by atoms with E-state index in [1.165, 1.54) is 18.4 Å². The summed E-state index contributed by atoms with van der Waals surface area (Å²) in [7, 11) is 0. The predicted octanol–water partition coefficient (Wildman–Crippen LogP) is 6.57. The minimum atomic E-state index is -0.890. The van der Waals surface area contributed by atoms with Crippen molar-refractivity contribution in [2.75, 3.05) is 4.90 Å². The molecule has 1 aliphatic carbocycles. The Kier molecular flexibility index (Phi) is 5.36. The fraction of sp³-hybridized carbons (Fsp3) is 0.435. The molecule has 1 amide bonds. The first-order valence-electron chi connectivity index (χ1n) is 9.61. The molecule has 0 saturated heterocycles. The van der Waals surface area contributed by atoms with E-state index in [9.17, 15) is 9.90 Å². The van der Waals surface area contributed by atoms with Crippen LogP contribution in [0.1, 0.15) is 75.1 Å². The van der Waals surface area contributed by atoms with Crippen molar-refractivity contribution in [2.45, 2.75) is 58.4 Å². The Balaban J connectivity index is 2.15. The number of benzene rings is 2. The summed E-state index contributed by atoms with van der Waals surface area (Å²) in [5, 5.41) is 10.2. The number of hydrogen-bond donors (Lipinski definition) is 1. The van der Waals surface area contributed by atoms with Gasteiger partial charge in [0.25, 0.3) is 0 Å². The molecule has 3 heteroatoms. The van der Waals surface area contributed by atoms with Gasteiger partial charge in [-0.1, -0.05) is 69.3 Å². The van der Waals surface area contributed by atoms with E-state index in [0.29, 0.717) is 11.8 Å². The third-order valence-electron chi connectivity index (χ3n) is 5.66. The van der Waals surface area contributed by atoms with Crippen LogP contribution in [0.5, 0.6) is 0 Å². The minimum Gasteiger partial charge on any atom is -0.465 e. The predicted molar refractivity (Wildman–Crippen MR) is 107 cm³/mol. The Morgan fingerprint density at radius 3 is 2.12 bits per heavy atom. The summed E-state index contributed by atoms with van der Waals surface area (Å²) in [4.78, 5) is 14.0. The van der Waals surface area contributed by atoms with Crippen molar-refractivity contribution in [1.82, 2.24) is 0 Å². The lowest BCUT2D eigenvalue weighted by Gasteiger charge is -2.33. The summed E-state index contributed by atoms with van der Waals surface area (Å²) in [5.41, 5.74) is 4.19. The van der Waals surface area contributed by atoms with Crippen molar-refractivity contribution in [1.29, 1.82) is 0 Å². The zero-order valence-corrected chi connectivity index (χ0v) is 16.1. The van der Waals surface area contributed by atoms with Gasteiger partial charge in [0.05, 0.1) is 11.7 Å². The van der Waals surface area contributed by atoms with Crippen LogP contribution in [0.2, 0.25) is 0 Å². The summed E-state index contributed by atoms with van der Waals surface area (Å²) in [5.74, 6) is 1.33. The van der Waals surface area contributed by atoms with Crippen LogP contribution in [0, 0.1) is 5.92 Å². The van der Waals surface area contributed by atoms with E-state index in [4.69, 9.17) is 0 Å². The number of carbonyl (C=O) groups is 1. The van der Waals surface area contributed by atoms with E-state index in [-0.39, 0.29) is 12.0 Å². The highest BCUT2D eigenvalue weighted by Gasteiger charge is 2.34. The van der Waals surface area contributed by atoms with Crippen LogP contribution in [-0.2, 0) is 0 Å². The molecule has 1 saturated carbocycles. The highest BCUT2D eigenvalue weighted by atomic mass is 16.4. The van der Waals surface area contributed by atoms with Gasteiger partial charge in [0, 0.05) is 0 Å². The molecular weight excluding hydrogens is 322 g/mol. The van der Waals surface area contributed by atoms with Crippen LogP contribution >= 0.6 is 0 Å². The molecule has 26 heavy (non-hydrogen) atoms. The second-order valence-electron chi connectivity index (χ2n) is 7.81. The third-order valence-corrected chi connectivity index (χ3v) is 5.66. The first-order chi connectivity index (χ1) is 12.4. The second-order valence-corrected chi connectivity index (χ2v) is 7.81. The molecule has 0 bridgehead atoms. The summed E-state index contributed by atoms with van der Waals surface area (Å²) < 4.78 is 0. The van der Waals surface area contributed by atoms with Crippen molar-refractivity contribution in [3.8, 4) is 0 Å². The molecule has 1 fully saturated rings. The average molecular weight is 351 g/mol. The van der Waals surface area contributed by atoms with Gasteiger partial charge in [-0.25, -0.2) is 4.79 Å². The Labute approximate surface area is 156 Å². The monoisotopic (exact) mass is 351 g/mol. The molecule has 0 aliphatic heterocycles. The normalized spacial score (nSPS) is 16.3. The van der Waals surface area contributed by atoms with Crippen molar-refractivity contribution >= 4 is 11.8 Å². The summed E-state index contributed by atoms with van der Waals surface area (Å²) in [6.07, 6.45) is 1.60. The van der Waals surface area contributed by atoms with Gasteiger partial charge >= 0.3 is 6.09 Å². The largest absolute Gasteiger partial charge is 0.465 e. The number of nitrogens with zero attached hydrogens (tertiary/aromatic N) is 1. The number of anilines is 1. The molecule has 1 N–H and O–H groups in total. The van der Waals surface area contributed by atoms with Gasteiger partial charge in [-0.05, 0) is 54.2 Å². The van der Waals surface area contributed by atoms with Crippen LogP contribution in [0.3, 0.4) is 0 Å². The van der Waals surface area contributed by atoms with E-state index < -0.39 is 6.09 Å². The molecule has 2 aromatic carbocycles. The van der Waals surface area contributed by atoms with Gasteiger partial charge < -0.3 is 5.11 Å². The minimum absolute atomic E-state index is 0.237. The van der Waals surface area contributed by atoms with Crippen molar-refractivity contribution in [3.63, 3.8) is 0 Å². The molecule has 0 unspecified atom stereocenters. The molecule has 1 aliphatic rings. The summed E-state index contributed by atoms with van der Waals surface area (Å²) in [6.45, 7) is 8.50. The number of para-hydroxylation sites is 1. The Morgan fingerprint density at radius 2 is 1.58 bits per heavy atom. The maximum absolute atomic E-state index is 12.4. The van der Waals surface area contributed by atoms with Gasteiger partial charge in [-0.3, -0.25) is 4.90 Å². The van der Waals surface area contributed by atoms with Gasteiger partial charge in [0.15, 0.2) is 0 Å². The van der Waals surface area contributed by atoms with E-state index >= 15 is 0 Å². The van der Waals surface area contributed by atoms with Gasteiger partial charge in [0.1, 0.15) is 0 Å². The highest BCUT2D eigenvalue weighted by Crippen LogP contribution is 2.47. The molecule has 138 valence electrons. The van der Waals surface area contributed by atoms with Gasteiger partial charge in [0.2, 0.25) is 0 Å². The Hall–Kier alpha value is -2.29. The number of carboxylic acid groups (broad SMARTS) is 1. The maximum Gasteiger partial charge on any atom is 0.412 e. The molecule has 2 aromatic rings. The van der Waals surface area contributed by atoms with E-state index in [2.05, 4.69) is 39.0 Å². The van der Waals surface area contributed by atoms with Gasteiger partial charge in [-0.15, -0.1) is 0 Å². The number of rotatable bonds is 6. The van der Waals surface area contributed by atoms with Crippen LogP contribution < -0.4 is 4.90 Å². The lowest BCUT2D eigenvalue weighted by atomic mass is 9.88. The first-order valence-corrected chi connectivity index (χ1v) is 9.61. The van der Waals surface area contributed by atoms with Crippen LogP contribution in [-0.4, -0.2) is 11.2 Å². The number of amides is 1. The van der Waals surface area contributed by atoms with Gasteiger partial charge in [-0.2, -0.15) is 0 Å². The van der Waals surface area contributed by atoms with E-state index in [1.807, 2.05) is 37.3 Å². The number of hydrogen-bond acceptors (Lipinski definition) is 1. The molecular formula is C23H29NO2. The van der Waals surface area contributed by atoms with Crippen molar-refractivity contribution < 1.29 is 9.90 Å². The zero-order valence-electron chi connectivity index (χ0n) is 16.1. The van der Waals surface area contributed by atoms with Crippen LogP contribution in [0.4, 0.5) is 10.5 Å². The quantitative estimate of drug-likeness (QED) is 0.639. The molecule has 3 rings (SSSR count). The molecule has 0 aromatic heterocycles. The molecule has 2 atom stereocenters. The van der Waals surface area contributed by atoms with Crippen LogP contribution in [0.15, 0.2) is 48.5 Å². The third kappa shape index (κ3) is 3.62. The topological polar surface area (TPSA) is 40.5 Å². The summed E-state index contributed by atoms with van der Waals surface area (Å²) >= 11 is 0. The van der Waals surface area contributed by atoms with Crippen molar-refractivity contribution in [3.05, 3.63) is 65.2 Å². The zero-order chi connectivity index (χ0) is 18.8. The summed E-state index contributed by atoms with van der Waals surface area (Å²) in [6, 6.07) is 15.9. The average Bonchev–Trinajstić information content (AvgIpc) is 3.46. The Bertz CT molecular complexity index is 765. The second kappa shape index (κ2) is 7.53. The molecule has 0 radical (unpaired) electrons. The van der Waals surface area contributed by atoms with E-state index in [0.717, 1.165) is 16.8 Å². The fourth-order valence-corrected chi connectivity index (χ4v) is 3.88. The Morgan fingerprint density at radius 1 is 0.962 bits per heavy atom. The fourth-order valence-electron chi connectivity index (χ4n) is 3.88.